The van der Waals surface area contributed by atoms with Crippen LogP contribution in [0.15, 0.2) is 11.9 Å². The van der Waals surface area contributed by atoms with Gasteiger partial charge in [0.1, 0.15) is 5.83 Å². The zero-order valence-corrected chi connectivity index (χ0v) is 18.3. The van der Waals surface area contributed by atoms with E-state index in [2.05, 4.69) is 6.92 Å². The van der Waals surface area contributed by atoms with Crippen molar-refractivity contribution in [3.63, 3.8) is 0 Å². The van der Waals surface area contributed by atoms with Gasteiger partial charge in [-0.05, 0) is 50.4 Å². The molecule has 1 heterocycles. The average molecular weight is 435 g/mol. The Kier molecular flexibility index (Phi) is 9.06. The fourth-order valence-electron chi connectivity index (χ4n) is 5.65. The lowest BCUT2D eigenvalue weighted by Gasteiger charge is -2.41. The van der Waals surface area contributed by atoms with Crippen LogP contribution in [0.2, 0.25) is 0 Å². The maximum absolute atomic E-state index is 13.8. The molecule has 2 saturated carbocycles. The molecule has 0 bridgehead atoms. The van der Waals surface area contributed by atoms with Gasteiger partial charge in [0, 0.05) is 17.8 Å². The standard InChI is InChI=1S/C24H38F4O2/c1-2-3-4-5-17-6-8-18(9-7-17)21-15-29-23(30-16-21)20-12-10-19(11-13-20)22(25)14-24(26,27)28/h14,17-21,23H,2-13,15-16H2,1H3/b22-14-. The fourth-order valence-corrected chi connectivity index (χ4v) is 5.65. The van der Waals surface area contributed by atoms with E-state index in [1.807, 2.05) is 0 Å². The number of halogens is 4. The molecule has 30 heavy (non-hydrogen) atoms. The fraction of sp³-hybridized carbons (Fsp3) is 0.917. The molecule has 3 aliphatic rings. The number of hydrogen-bond donors (Lipinski definition) is 0. The van der Waals surface area contributed by atoms with Crippen molar-refractivity contribution in [2.75, 3.05) is 13.2 Å². The molecule has 3 fully saturated rings. The van der Waals surface area contributed by atoms with E-state index >= 15 is 0 Å². The van der Waals surface area contributed by atoms with Gasteiger partial charge in [-0.3, -0.25) is 0 Å². The minimum Gasteiger partial charge on any atom is -0.352 e. The molecule has 3 rings (SSSR count). The van der Waals surface area contributed by atoms with E-state index in [1.54, 1.807) is 0 Å². The summed E-state index contributed by atoms with van der Waals surface area (Å²) in [6.07, 6.45) is 7.70. The topological polar surface area (TPSA) is 18.5 Å². The summed E-state index contributed by atoms with van der Waals surface area (Å²) in [6.45, 7) is 3.69. The Morgan fingerprint density at radius 2 is 1.43 bits per heavy atom. The SMILES string of the molecule is CCCCCC1CCC(C2COC(C3CCC(/C(F)=C/C(F)(F)F)CC3)OC2)CC1. The van der Waals surface area contributed by atoms with Crippen LogP contribution in [-0.2, 0) is 9.47 Å². The summed E-state index contributed by atoms with van der Waals surface area (Å²) in [5.41, 5.74) is 0. The molecule has 174 valence electrons. The van der Waals surface area contributed by atoms with Gasteiger partial charge in [-0.2, -0.15) is 13.2 Å². The van der Waals surface area contributed by atoms with Gasteiger partial charge in [0.05, 0.1) is 19.3 Å². The molecule has 0 aromatic rings. The Balaban J connectivity index is 1.35. The maximum atomic E-state index is 13.8. The normalized spacial score (nSPS) is 36.6. The summed E-state index contributed by atoms with van der Waals surface area (Å²) in [4.78, 5) is 0. The highest BCUT2D eigenvalue weighted by Gasteiger charge is 2.37. The molecule has 0 aromatic heterocycles. The zero-order chi connectivity index (χ0) is 21.6. The molecule has 2 nitrogen and oxygen atoms in total. The quantitative estimate of drug-likeness (QED) is 0.304. The van der Waals surface area contributed by atoms with Crippen LogP contribution in [0.25, 0.3) is 0 Å². The van der Waals surface area contributed by atoms with Crippen molar-refractivity contribution < 1.29 is 27.0 Å². The summed E-state index contributed by atoms with van der Waals surface area (Å²) in [5.74, 6) is 0.554. The molecule has 0 amide bonds. The smallest absolute Gasteiger partial charge is 0.352 e. The number of alkyl halides is 3. The first kappa shape index (κ1) is 24.0. The second-order valence-electron chi connectivity index (χ2n) is 9.75. The Bertz CT molecular complexity index is 524. The molecule has 0 radical (unpaired) electrons. The molecule has 0 N–H and O–H groups in total. The van der Waals surface area contributed by atoms with Crippen molar-refractivity contribution in [2.24, 2.45) is 29.6 Å². The van der Waals surface area contributed by atoms with E-state index in [-0.39, 0.29) is 18.3 Å². The summed E-state index contributed by atoms with van der Waals surface area (Å²) in [6, 6.07) is 0. The first-order valence-electron chi connectivity index (χ1n) is 12.0. The van der Waals surface area contributed by atoms with Crippen LogP contribution in [0.1, 0.15) is 84.0 Å². The van der Waals surface area contributed by atoms with Crippen molar-refractivity contribution >= 4 is 0 Å². The predicted octanol–water partition coefficient (Wildman–Crippen LogP) is 7.58. The lowest BCUT2D eigenvalue weighted by Crippen LogP contribution is -2.41. The average Bonchev–Trinajstić information content (AvgIpc) is 2.73. The molecule has 0 aromatic carbocycles. The largest absolute Gasteiger partial charge is 0.412 e. The van der Waals surface area contributed by atoms with Crippen LogP contribution < -0.4 is 0 Å². The van der Waals surface area contributed by atoms with Crippen LogP contribution in [0.4, 0.5) is 17.6 Å². The van der Waals surface area contributed by atoms with Gasteiger partial charge < -0.3 is 9.47 Å². The van der Waals surface area contributed by atoms with Crippen molar-refractivity contribution in [3.05, 3.63) is 11.9 Å². The number of rotatable bonds is 7. The van der Waals surface area contributed by atoms with Gasteiger partial charge in [-0.25, -0.2) is 4.39 Å². The Morgan fingerprint density at radius 3 is 2.00 bits per heavy atom. The van der Waals surface area contributed by atoms with Crippen molar-refractivity contribution in [1.82, 2.24) is 0 Å². The summed E-state index contributed by atoms with van der Waals surface area (Å²) >= 11 is 0. The van der Waals surface area contributed by atoms with Gasteiger partial charge in [-0.15, -0.1) is 0 Å². The van der Waals surface area contributed by atoms with Crippen LogP contribution in [0.5, 0.6) is 0 Å². The Morgan fingerprint density at radius 1 is 0.833 bits per heavy atom. The van der Waals surface area contributed by atoms with Crippen molar-refractivity contribution in [2.45, 2.75) is 96.4 Å². The second kappa shape index (κ2) is 11.3. The highest BCUT2D eigenvalue weighted by molar-refractivity contribution is 5.03. The first-order valence-corrected chi connectivity index (χ1v) is 12.0. The Hall–Kier alpha value is -0.620. The van der Waals surface area contributed by atoms with Crippen molar-refractivity contribution in [1.29, 1.82) is 0 Å². The summed E-state index contributed by atoms with van der Waals surface area (Å²) < 4.78 is 63.0. The second-order valence-corrected chi connectivity index (χ2v) is 9.75. The van der Waals surface area contributed by atoms with Gasteiger partial charge in [0.25, 0.3) is 0 Å². The summed E-state index contributed by atoms with van der Waals surface area (Å²) in [7, 11) is 0. The van der Waals surface area contributed by atoms with E-state index in [1.165, 1.54) is 51.4 Å². The van der Waals surface area contributed by atoms with Crippen LogP contribution >= 0.6 is 0 Å². The van der Waals surface area contributed by atoms with E-state index in [9.17, 15) is 17.6 Å². The van der Waals surface area contributed by atoms with E-state index < -0.39 is 17.9 Å². The van der Waals surface area contributed by atoms with E-state index in [0.29, 0.717) is 37.5 Å². The zero-order valence-electron chi connectivity index (χ0n) is 18.3. The highest BCUT2D eigenvalue weighted by Crippen LogP contribution is 2.41. The predicted molar refractivity (Wildman–Crippen MR) is 109 cm³/mol. The lowest BCUT2D eigenvalue weighted by atomic mass is 9.74. The van der Waals surface area contributed by atoms with Crippen LogP contribution in [0.3, 0.4) is 0 Å². The van der Waals surface area contributed by atoms with Gasteiger partial charge in [0.2, 0.25) is 0 Å². The van der Waals surface area contributed by atoms with E-state index in [0.717, 1.165) is 19.1 Å². The van der Waals surface area contributed by atoms with E-state index in [4.69, 9.17) is 9.47 Å². The minimum atomic E-state index is -4.58. The molecular weight excluding hydrogens is 396 g/mol. The third-order valence-electron chi connectivity index (χ3n) is 7.57. The molecule has 0 atom stereocenters. The number of allylic oxidation sites excluding steroid dienone is 2. The third kappa shape index (κ3) is 7.22. The molecule has 0 unspecified atom stereocenters. The van der Waals surface area contributed by atoms with Gasteiger partial charge >= 0.3 is 6.18 Å². The molecule has 6 heteroatoms. The lowest BCUT2D eigenvalue weighted by molar-refractivity contribution is -0.237. The molecule has 2 aliphatic carbocycles. The first-order chi connectivity index (χ1) is 14.4. The minimum absolute atomic E-state index is 0.162. The van der Waals surface area contributed by atoms with Gasteiger partial charge in [-0.1, -0.05) is 45.4 Å². The highest BCUT2D eigenvalue weighted by atomic mass is 19.4. The number of hydrogen-bond acceptors (Lipinski definition) is 2. The Labute approximate surface area is 178 Å². The number of unbranched alkanes of at least 4 members (excludes halogenated alkanes) is 2. The van der Waals surface area contributed by atoms with Crippen LogP contribution in [0, 0.1) is 29.6 Å². The van der Waals surface area contributed by atoms with Crippen LogP contribution in [-0.4, -0.2) is 25.7 Å². The third-order valence-corrected chi connectivity index (χ3v) is 7.57. The molecule has 1 saturated heterocycles. The summed E-state index contributed by atoms with van der Waals surface area (Å²) in [5, 5.41) is 0. The van der Waals surface area contributed by atoms with Crippen molar-refractivity contribution in [3.8, 4) is 0 Å². The molecule has 1 aliphatic heterocycles. The molecular formula is C24H38F4O2. The maximum Gasteiger partial charge on any atom is 0.412 e. The monoisotopic (exact) mass is 434 g/mol. The molecule has 0 spiro atoms. The number of ether oxygens (including phenoxy) is 2. The van der Waals surface area contributed by atoms with Gasteiger partial charge in [0.15, 0.2) is 6.29 Å².